The average molecular weight is 236 g/mol. The van der Waals surface area contributed by atoms with E-state index in [1.807, 2.05) is 41.5 Å². The number of hydrogen-bond acceptors (Lipinski definition) is 0. The fourth-order valence-corrected chi connectivity index (χ4v) is 2.04. The highest BCUT2D eigenvalue weighted by Gasteiger charge is 2.21. The number of allylic oxidation sites excluding steroid dienone is 6. The van der Waals surface area contributed by atoms with E-state index < -0.39 is 0 Å². The zero-order valence-corrected chi connectivity index (χ0v) is 13.0. The molecule has 2 atom stereocenters. The summed E-state index contributed by atoms with van der Waals surface area (Å²) >= 11 is 0. The molecular formula is C17H32. The van der Waals surface area contributed by atoms with Crippen LogP contribution in [-0.4, -0.2) is 0 Å². The largest absolute Gasteiger partial charge is 0.0879 e. The van der Waals surface area contributed by atoms with Crippen molar-refractivity contribution in [3.8, 4) is 0 Å². The third-order valence-electron chi connectivity index (χ3n) is 2.74. The van der Waals surface area contributed by atoms with Gasteiger partial charge in [0.05, 0.1) is 0 Å². The van der Waals surface area contributed by atoms with Crippen LogP contribution in [0.3, 0.4) is 0 Å². The Bertz CT molecular complexity index is 230. The fraction of sp³-hybridized carbons (Fsp3) is 0.647. The van der Waals surface area contributed by atoms with Crippen molar-refractivity contribution < 1.29 is 0 Å². The van der Waals surface area contributed by atoms with Crippen molar-refractivity contribution in [1.29, 1.82) is 0 Å². The number of fused-ring (bicyclic) bond motifs is 1. The van der Waals surface area contributed by atoms with Gasteiger partial charge in [0.2, 0.25) is 0 Å². The predicted molar refractivity (Wildman–Crippen MR) is 82.3 cm³/mol. The molecule has 100 valence electrons. The van der Waals surface area contributed by atoms with Gasteiger partial charge in [-0.15, -0.1) is 0 Å². The minimum absolute atomic E-state index is 0.703. The molecule has 0 N–H and O–H groups in total. The monoisotopic (exact) mass is 236 g/mol. The van der Waals surface area contributed by atoms with Crippen LogP contribution < -0.4 is 0 Å². The van der Waals surface area contributed by atoms with E-state index in [1.54, 1.807) is 5.57 Å². The molecule has 0 nitrogen and oxygen atoms in total. The first-order chi connectivity index (χ1) is 8.38. The van der Waals surface area contributed by atoms with Crippen LogP contribution >= 0.6 is 0 Å². The summed E-state index contributed by atoms with van der Waals surface area (Å²) in [6.07, 6.45) is 14.0. The summed E-state index contributed by atoms with van der Waals surface area (Å²) in [6, 6.07) is 0. The van der Waals surface area contributed by atoms with Crippen molar-refractivity contribution in [2.24, 2.45) is 11.8 Å². The third kappa shape index (κ3) is 6.51. The maximum absolute atomic E-state index is 2.35. The van der Waals surface area contributed by atoms with Gasteiger partial charge in [0.25, 0.3) is 0 Å². The molecule has 0 radical (unpaired) electrons. The molecule has 2 aliphatic rings. The first-order valence-corrected chi connectivity index (χ1v) is 7.39. The summed E-state index contributed by atoms with van der Waals surface area (Å²) in [5.74, 6) is 1.51. The predicted octanol–water partition coefficient (Wildman–Crippen LogP) is 6.16. The average Bonchev–Trinajstić information content (AvgIpc) is 2.46. The SMILES string of the molecule is CC.CC.CC.CC1=CC=CC2C=CCCC12. The van der Waals surface area contributed by atoms with Crippen molar-refractivity contribution in [1.82, 2.24) is 0 Å². The molecule has 0 bridgehead atoms. The maximum atomic E-state index is 2.35. The Morgan fingerprint density at radius 3 is 2.06 bits per heavy atom. The van der Waals surface area contributed by atoms with Crippen molar-refractivity contribution >= 4 is 0 Å². The van der Waals surface area contributed by atoms with Gasteiger partial charge in [0.1, 0.15) is 0 Å². The van der Waals surface area contributed by atoms with Crippen LogP contribution in [0.2, 0.25) is 0 Å². The first-order valence-electron chi connectivity index (χ1n) is 7.39. The zero-order valence-electron chi connectivity index (χ0n) is 13.0. The summed E-state index contributed by atoms with van der Waals surface area (Å²) in [5.41, 5.74) is 1.56. The van der Waals surface area contributed by atoms with Crippen molar-refractivity contribution in [3.63, 3.8) is 0 Å². The van der Waals surface area contributed by atoms with Gasteiger partial charge in [0, 0.05) is 5.92 Å². The molecular weight excluding hydrogens is 204 g/mol. The molecule has 0 heteroatoms. The standard InChI is InChI=1S/C11H14.3C2H6/c1-9-5-4-7-10-6-2-3-8-11(9)10;3*1-2/h2,4-7,10-11H,3,8H2,1H3;3*1-2H3. The lowest BCUT2D eigenvalue weighted by Crippen LogP contribution is -2.16. The smallest absolute Gasteiger partial charge is 0.00153 e. The topological polar surface area (TPSA) is 0 Å². The van der Waals surface area contributed by atoms with Crippen LogP contribution in [0.25, 0.3) is 0 Å². The summed E-state index contributed by atoms with van der Waals surface area (Å²) in [4.78, 5) is 0. The third-order valence-corrected chi connectivity index (χ3v) is 2.74. The molecule has 0 fully saturated rings. The van der Waals surface area contributed by atoms with Crippen LogP contribution in [0.15, 0.2) is 36.0 Å². The molecule has 2 rings (SSSR count). The Kier molecular flexibility index (Phi) is 14.5. The van der Waals surface area contributed by atoms with Gasteiger partial charge in [0.15, 0.2) is 0 Å². The van der Waals surface area contributed by atoms with E-state index >= 15 is 0 Å². The van der Waals surface area contributed by atoms with E-state index in [4.69, 9.17) is 0 Å². The van der Waals surface area contributed by atoms with Gasteiger partial charge in [-0.2, -0.15) is 0 Å². The molecule has 0 heterocycles. The van der Waals surface area contributed by atoms with E-state index in [-0.39, 0.29) is 0 Å². The highest BCUT2D eigenvalue weighted by atomic mass is 14.3. The Balaban J connectivity index is 0. The van der Waals surface area contributed by atoms with E-state index in [0.717, 1.165) is 5.92 Å². The Morgan fingerprint density at radius 2 is 1.53 bits per heavy atom. The maximum Gasteiger partial charge on any atom is 0.00153 e. The van der Waals surface area contributed by atoms with Crippen LogP contribution in [0.1, 0.15) is 61.3 Å². The van der Waals surface area contributed by atoms with Gasteiger partial charge in [-0.05, 0) is 25.7 Å². The Hall–Kier alpha value is -0.780. The molecule has 17 heavy (non-hydrogen) atoms. The molecule has 2 unspecified atom stereocenters. The van der Waals surface area contributed by atoms with E-state index in [2.05, 4.69) is 37.3 Å². The minimum Gasteiger partial charge on any atom is -0.0879 e. The van der Waals surface area contributed by atoms with Crippen LogP contribution in [0.4, 0.5) is 0 Å². The Morgan fingerprint density at radius 1 is 0.941 bits per heavy atom. The molecule has 0 aromatic heterocycles. The van der Waals surface area contributed by atoms with Crippen molar-refractivity contribution in [2.45, 2.75) is 61.3 Å². The number of hydrogen-bond donors (Lipinski definition) is 0. The lowest BCUT2D eigenvalue weighted by molar-refractivity contribution is 0.466. The summed E-state index contributed by atoms with van der Waals surface area (Å²) in [7, 11) is 0. The number of rotatable bonds is 0. The fourth-order valence-electron chi connectivity index (χ4n) is 2.04. The quantitative estimate of drug-likeness (QED) is 0.442. The van der Waals surface area contributed by atoms with Crippen molar-refractivity contribution in [2.75, 3.05) is 0 Å². The normalized spacial score (nSPS) is 23.6. The molecule has 0 amide bonds. The summed E-state index contributed by atoms with van der Waals surface area (Å²) < 4.78 is 0. The molecule has 0 aromatic rings. The van der Waals surface area contributed by atoms with Gasteiger partial charge in [-0.3, -0.25) is 0 Å². The van der Waals surface area contributed by atoms with E-state index in [9.17, 15) is 0 Å². The summed E-state index contributed by atoms with van der Waals surface area (Å²) in [6.45, 7) is 14.3. The van der Waals surface area contributed by atoms with E-state index in [0.29, 0.717) is 5.92 Å². The highest BCUT2D eigenvalue weighted by Crippen LogP contribution is 2.33. The molecule has 0 saturated heterocycles. The van der Waals surface area contributed by atoms with Crippen LogP contribution in [0, 0.1) is 11.8 Å². The Labute approximate surface area is 110 Å². The molecule has 2 aliphatic carbocycles. The first kappa shape index (κ1) is 18.6. The summed E-state index contributed by atoms with van der Waals surface area (Å²) in [5, 5.41) is 0. The second-order valence-electron chi connectivity index (χ2n) is 3.48. The van der Waals surface area contributed by atoms with Gasteiger partial charge < -0.3 is 0 Å². The second-order valence-corrected chi connectivity index (χ2v) is 3.48. The van der Waals surface area contributed by atoms with Gasteiger partial charge in [-0.25, -0.2) is 0 Å². The molecule has 0 spiro atoms. The van der Waals surface area contributed by atoms with Crippen LogP contribution in [-0.2, 0) is 0 Å². The molecule has 0 aromatic carbocycles. The van der Waals surface area contributed by atoms with Crippen LogP contribution in [0.5, 0.6) is 0 Å². The molecule has 0 saturated carbocycles. The highest BCUT2D eigenvalue weighted by molar-refractivity contribution is 5.26. The minimum atomic E-state index is 0.703. The lowest BCUT2D eigenvalue weighted by atomic mass is 9.77. The zero-order chi connectivity index (χ0) is 13.7. The van der Waals surface area contributed by atoms with Gasteiger partial charge >= 0.3 is 0 Å². The second kappa shape index (κ2) is 13.3. The lowest BCUT2D eigenvalue weighted by Gasteiger charge is -2.28. The van der Waals surface area contributed by atoms with E-state index in [1.165, 1.54) is 12.8 Å². The van der Waals surface area contributed by atoms with Gasteiger partial charge in [-0.1, -0.05) is 77.5 Å². The molecule has 0 aliphatic heterocycles. The van der Waals surface area contributed by atoms with Crippen molar-refractivity contribution in [3.05, 3.63) is 36.0 Å².